The van der Waals surface area contributed by atoms with Gasteiger partial charge in [0.05, 0.1) is 18.1 Å². The SMILES string of the molecule is CNS(=O)(=O)Cc1cccc(Nc2cc(-c3ccccc3COC)ncn2)c1. The Morgan fingerprint density at radius 1 is 1.04 bits per heavy atom. The van der Waals surface area contributed by atoms with Crippen molar-refractivity contribution >= 4 is 21.5 Å². The third-order valence-electron chi connectivity index (χ3n) is 4.13. The molecule has 8 heteroatoms. The summed E-state index contributed by atoms with van der Waals surface area (Å²) in [5.74, 6) is 0.532. The van der Waals surface area contributed by atoms with Crippen LogP contribution in [0.5, 0.6) is 0 Å². The van der Waals surface area contributed by atoms with Gasteiger partial charge in [-0.05, 0) is 30.3 Å². The van der Waals surface area contributed by atoms with Crippen molar-refractivity contribution < 1.29 is 13.2 Å². The van der Waals surface area contributed by atoms with E-state index < -0.39 is 10.0 Å². The normalized spacial score (nSPS) is 11.4. The van der Waals surface area contributed by atoms with Gasteiger partial charge in [-0.2, -0.15) is 0 Å². The van der Waals surface area contributed by atoms with Gasteiger partial charge in [-0.1, -0.05) is 36.4 Å². The number of rotatable bonds is 8. The van der Waals surface area contributed by atoms with Crippen molar-refractivity contribution in [2.75, 3.05) is 19.5 Å². The molecule has 1 heterocycles. The van der Waals surface area contributed by atoms with Gasteiger partial charge >= 0.3 is 0 Å². The zero-order valence-electron chi connectivity index (χ0n) is 15.7. The summed E-state index contributed by atoms with van der Waals surface area (Å²) in [5.41, 5.74) is 4.22. The van der Waals surface area contributed by atoms with Gasteiger partial charge in [0, 0.05) is 24.4 Å². The number of ether oxygens (including phenoxy) is 1. The Kier molecular flexibility index (Phi) is 6.35. The summed E-state index contributed by atoms with van der Waals surface area (Å²) < 4.78 is 31.1. The number of nitrogens with zero attached hydrogens (tertiary/aromatic N) is 2. The third-order valence-corrected chi connectivity index (χ3v) is 5.46. The Bertz CT molecular complexity index is 1050. The molecule has 0 saturated carbocycles. The minimum absolute atomic E-state index is 0.0849. The maximum Gasteiger partial charge on any atom is 0.215 e. The summed E-state index contributed by atoms with van der Waals surface area (Å²) >= 11 is 0. The molecular weight excluding hydrogens is 376 g/mol. The quantitative estimate of drug-likeness (QED) is 0.606. The summed E-state index contributed by atoms with van der Waals surface area (Å²) in [5, 5.41) is 3.21. The second-order valence-electron chi connectivity index (χ2n) is 6.17. The number of sulfonamides is 1. The van der Waals surface area contributed by atoms with Gasteiger partial charge in [-0.15, -0.1) is 0 Å². The van der Waals surface area contributed by atoms with Crippen molar-refractivity contribution in [1.29, 1.82) is 0 Å². The van der Waals surface area contributed by atoms with Crippen LogP contribution in [0.1, 0.15) is 11.1 Å². The van der Waals surface area contributed by atoms with Crippen molar-refractivity contribution in [2.24, 2.45) is 0 Å². The summed E-state index contributed by atoms with van der Waals surface area (Å²) in [6, 6.07) is 17.0. The van der Waals surface area contributed by atoms with Gasteiger partial charge in [-0.3, -0.25) is 0 Å². The number of methoxy groups -OCH3 is 1. The minimum atomic E-state index is -3.33. The van der Waals surface area contributed by atoms with E-state index in [1.807, 2.05) is 36.4 Å². The topological polar surface area (TPSA) is 93.2 Å². The van der Waals surface area contributed by atoms with Gasteiger partial charge in [0.1, 0.15) is 12.1 Å². The lowest BCUT2D eigenvalue weighted by atomic mass is 10.0. The van der Waals surface area contributed by atoms with Crippen LogP contribution in [0.15, 0.2) is 60.9 Å². The highest BCUT2D eigenvalue weighted by molar-refractivity contribution is 7.88. The fourth-order valence-electron chi connectivity index (χ4n) is 2.80. The van der Waals surface area contributed by atoms with E-state index in [0.29, 0.717) is 18.0 Å². The van der Waals surface area contributed by atoms with Crippen molar-refractivity contribution in [3.63, 3.8) is 0 Å². The van der Waals surface area contributed by atoms with E-state index in [-0.39, 0.29) is 5.75 Å². The van der Waals surface area contributed by atoms with Crippen LogP contribution in [-0.4, -0.2) is 32.5 Å². The molecule has 2 aromatic carbocycles. The van der Waals surface area contributed by atoms with Crippen LogP contribution in [0, 0.1) is 0 Å². The molecule has 0 aliphatic carbocycles. The standard InChI is InChI=1S/C20H22N4O3S/c1-21-28(25,26)13-15-6-5-8-17(10-15)24-20-11-19(22-14-23-20)18-9-4-3-7-16(18)12-27-2/h3-11,14,21H,12-13H2,1-2H3,(H,22,23,24). The van der Waals surface area contributed by atoms with Crippen molar-refractivity contribution in [2.45, 2.75) is 12.4 Å². The van der Waals surface area contributed by atoms with Gasteiger partial charge in [-0.25, -0.2) is 23.1 Å². The Morgan fingerprint density at radius 3 is 2.64 bits per heavy atom. The van der Waals surface area contributed by atoms with E-state index in [0.717, 1.165) is 22.5 Å². The summed E-state index contributed by atoms with van der Waals surface area (Å²) in [6.45, 7) is 0.491. The lowest BCUT2D eigenvalue weighted by Gasteiger charge is -2.11. The largest absolute Gasteiger partial charge is 0.380 e. The van der Waals surface area contributed by atoms with Gasteiger partial charge in [0.2, 0.25) is 10.0 Å². The van der Waals surface area contributed by atoms with Crippen LogP contribution in [-0.2, 0) is 27.1 Å². The van der Waals surface area contributed by atoms with Gasteiger partial charge < -0.3 is 10.1 Å². The molecule has 3 rings (SSSR count). The number of benzene rings is 2. The smallest absolute Gasteiger partial charge is 0.215 e. The molecule has 2 N–H and O–H groups in total. The lowest BCUT2D eigenvalue weighted by molar-refractivity contribution is 0.185. The van der Waals surface area contributed by atoms with Crippen LogP contribution in [0.25, 0.3) is 11.3 Å². The first kappa shape index (κ1) is 19.9. The fraction of sp³-hybridized carbons (Fsp3) is 0.200. The predicted molar refractivity (Wildman–Crippen MR) is 110 cm³/mol. The molecule has 0 atom stereocenters. The summed E-state index contributed by atoms with van der Waals surface area (Å²) in [7, 11) is -0.269. The summed E-state index contributed by atoms with van der Waals surface area (Å²) in [6.07, 6.45) is 1.50. The zero-order chi connectivity index (χ0) is 20.0. The lowest BCUT2D eigenvalue weighted by Crippen LogP contribution is -2.20. The first-order valence-corrected chi connectivity index (χ1v) is 10.3. The van der Waals surface area contributed by atoms with Crippen molar-refractivity contribution in [3.05, 3.63) is 72.1 Å². The van der Waals surface area contributed by atoms with Crippen molar-refractivity contribution in [3.8, 4) is 11.3 Å². The molecule has 0 saturated heterocycles. The molecular formula is C20H22N4O3S. The maximum atomic E-state index is 11.8. The molecule has 0 spiro atoms. The molecule has 0 aliphatic heterocycles. The third kappa shape index (κ3) is 5.13. The van der Waals surface area contributed by atoms with Crippen LogP contribution in [0.4, 0.5) is 11.5 Å². The van der Waals surface area contributed by atoms with E-state index in [2.05, 4.69) is 20.0 Å². The van der Waals surface area contributed by atoms with E-state index >= 15 is 0 Å². The monoisotopic (exact) mass is 398 g/mol. The molecule has 7 nitrogen and oxygen atoms in total. The van der Waals surface area contributed by atoms with E-state index in [1.54, 1.807) is 25.3 Å². The van der Waals surface area contributed by atoms with Gasteiger partial charge in [0.25, 0.3) is 0 Å². The Balaban J connectivity index is 1.84. The molecule has 0 bridgehead atoms. The number of aromatic nitrogens is 2. The first-order valence-electron chi connectivity index (χ1n) is 8.67. The van der Waals surface area contributed by atoms with E-state index in [4.69, 9.17) is 4.74 Å². The predicted octanol–water partition coefficient (Wildman–Crippen LogP) is 3.08. The second kappa shape index (κ2) is 8.92. The van der Waals surface area contributed by atoms with Crippen LogP contribution >= 0.6 is 0 Å². The maximum absolute atomic E-state index is 11.8. The average Bonchev–Trinajstić information content (AvgIpc) is 2.69. The molecule has 1 aromatic heterocycles. The highest BCUT2D eigenvalue weighted by Crippen LogP contribution is 2.25. The van der Waals surface area contributed by atoms with Gasteiger partial charge in [0.15, 0.2) is 0 Å². The highest BCUT2D eigenvalue weighted by atomic mass is 32.2. The molecule has 0 amide bonds. The fourth-order valence-corrected chi connectivity index (χ4v) is 3.57. The molecule has 0 unspecified atom stereocenters. The summed E-state index contributed by atoms with van der Waals surface area (Å²) in [4.78, 5) is 8.65. The molecule has 0 radical (unpaired) electrons. The molecule has 28 heavy (non-hydrogen) atoms. The van der Waals surface area contributed by atoms with Crippen molar-refractivity contribution in [1.82, 2.24) is 14.7 Å². The zero-order valence-corrected chi connectivity index (χ0v) is 16.5. The number of hydrogen-bond acceptors (Lipinski definition) is 6. The highest BCUT2D eigenvalue weighted by Gasteiger charge is 2.10. The van der Waals surface area contributed by atoms with Crippen LogP contribution in [0.3, 0.4) is 0 Å². The molecule has 0 fully saturated rings. The first-order chi connectivity index (χ1) is 13.5. The minimum Gasteiger partial charge on any atom is -0.380 e. The van der Waals surface area contributed by atoms with Crippen LogP contribution < -0.4 is 10.0 Å². The molecule has 3 aromatic rings. The average molecular weight is 398 g/mol. The van der Waals surface area contributed by atoms with Crippen LogP contribution in [0.2, 0.25) is 0 Å². The number of hydrogen-bond donors (Lipinski definition) is 2. The Hall–Kier alpha value is -2.81. The molecule has 146 valence electrons. The Morgan fingerprint density at radius 2 is 1.86 bits per heavy atom. The number of nitrogens with one attached hydrogen (secondary N) is 2. The van der Waals surface area contributed by atoms with E-state index in [1.165, 1.54) is 13.4 Å². The number of anilines is 2. The Labute approximate surface area is 164 Å². The second-order valence-corrected chi connectivity index (χ2v) is 8.09. The molecule has 0 aliphatic rings. The van der Waals surface area contributed by atoms with E-state index in [9.17, 15) is 8.42 Å².